The van der Waals surface area contributed by atoms with Crippen LogP contribution in [0.15, 0.2) is 0 Å². The zero-order valence-corrected chi connectivity index (χ0v) is 9.24. The highest BCUT2D eigenvalue weighted by Gasteiger charge is 2.24. The molecule has 0 aromatic heterocycles. The van der Waals surface area contributed by atoms with E-state index in [9.17, 15) is 19.5 Å². The van der Waals surface area contributed by atoms with Gasteiger partial charge in [0.05, 0.1) is 18.6 Å². The average molecular weight is 232 g/mol. The van der Waals surface area contributed by atoms with Crippen molar-refractivity contribution in [1.82, 2.24) is 10.6 Å². The van der Waals surface area contributed by atoms with Crippen LogP contribution in [0.3, 0.4) is 0 Å². The van der Waals surface area contributed by atoms with Crippen molar-refractivity contribution >= 4 is 17.8 Å². The van der Waals surface area contributed by atoms with Gasteiger partial charge in [-0.1, -0.05) is 0 Å². The summed E-state index contributed by atoms with van der Waals surface area (Å²) in [6.07, 6.45) is -0.465. The molecule has 0 bridgehead atoms. The summed E-state index contributed by atoms with van der Waals surface area (Å²) in [5.74, 6) is -1.98. The van der Waals surface area contributed by atoms with Gasteiger partial charge in [0, 0.05) is 13.5 Å². The Hall–Kier alpha value is -1.63. The molecule has 7 nitrogen and oxygen atoms in total. The van der Waals surface area contributed by atoms with E-state index in [-0.39, 0.29) is 19.0 Å². The average Bonchev–Trinajstić information content (AvgIpc) is 2.09. The Bertz CT molecular complexity index is 288. The van der Waals surface area contributed by atoms with Gasteiger partial charge in [-0.05, 0) is 6.92 Å². The van der Waals surface area contributed by atoms with E-state index in [0.717, 1.165) is 0 Å². The molecule has 92 valence electrons. The smallest absolute Gasteiger partial charge is 0.306 e. The summed E-state index contributed by atoms with van der Waals surface area (Å²) < 4.78 is 0. The van der Waals surface area contributed by atoms with E-state index in [2.05, 4.69) is 10.6 Å². The molecule has 1 atom stereocenters. The number of nitrogens with one attached hydrogen (secondary N) is 2. The van der Waals surface area contributed by atoms with Gasteiger partial charge < -0.3 is 20.8 Å². The molecule has 4 N–H and O–H groups in total. The number of carbonyl (C=O) groups excluding carboxylic acids is 2. The SMILES string of the molecule is CC(=O)NCC(=O)NCC(C)(O)CC(=O)O. The van der Waals surface area contributed by atoms with Crippen LogP contribution < -0.4 is 10.6 Å². The second kappa shape index (κ2) is 6.06. The Morgan fingerprint density at radius 2 is 1.81 bits per heavy atom. The Kier molecular flexibility index (Phi) is 5.44. The predicted octanol–water partition coefficient (Wildman–Crippen LogP) is -1.54. The predicted molar refractivity (Wildman–Crippen MR) is 54.6 cm³/mol. The van der Waals surface area contributed by atoms with E-state index in [0.29, 0.717) is 0 Å². The quantitative estimate of drug-likeness (QED) is 0.443. The number of hydrogen-bond donors (Lipinski definition) is 4. The Morgan fingerprint density at radius 1 is 1.25 bits per heavy atom. The number of carbonyl (C=O) groups is 3. The number of rotatable bonds is 6. The molecule has 0 heterocycles. The van der Waals surface area contributed by atoms with Crippen molar-refractivity contribution in [2.24, 2.45) is 0 Å². The fourth-order valence-electron chi connectivity index (χ4n) is 0.945. The van der Waals surface area contributed by atoms with Gasteiger partial charge in [-0.25, -0.2) is 0 Å². The highest BCUT2D eigenvalue weighted by molar-refractivity contribution is 5.83. The highest BCUT2D eigenvalue weighted by atomic mass is 16.4. The lowest BCUT2D eigenvalue weighted by molar-refractivity contribution is -0.142. The van der Waals surface area contributed by atoms with Gasteiger partial charge >= 0.3 is 5.97 Å². The Morgan fingerprint density at radius 3 is 2.25 bits per heavy atom. The number of carboxylic acids is 1. The van der Waals surface area contributed by atoms with Crippen LogP contribution in [0.5, 0.6) is 0 Å². The third-order valence-electron chi connectivity index (χ3n) is 1.70. The van der Waals surface area contributed by atoms with Crippen LogP contribution in [0.4, 0.5) is 0 Å². The molecular weight excluding hydrogens is 216 g/mol. The van der Waals surface area contributed by atoms with Crippen molar-refractivity contribution in [1.29, 1.82) is 0 Å². The van der Waals surface area contributed by atoms with Gasteiger partial charge in [-0.3, -0.25) is 14.4 Å². The van der Waals surface area contributed by atoms with Gasteiger partial charge in [0.2, 0.25) is 11.8 Å². The zero-order chi connectivity index (χ0) is 12.8. The van der Waals surface area contributed by atoms with Crippen molar-refractivity contribution in [2.45, 2.75) is 25.9 Å². The number of hydrogen-bond acceptors (Lipinski definition) is 4. The molecule has 0 aromatic carbocycles. The fraction of sp³-hybridized carbons (Fsp3) is 0.667. The number of aliphatic carboxylic acids is 1. The third kappa shape index (κ3) is 7.74. The van der Waals surface area contributed by atoms with E-state index in [1.54, 1.807) is 0 Å². The summed E-state index contributed by atoms with van der Waals surface area (Å²) in [6.45, 7) is 2.20. The fourth-order valence-corrected chi connectivity index (χ4v) is 0.945. The minimum Gasteiger partial charge on any atom is -0.481 e. The van der Waals surface area contributed by atoms with Gasteiger partial charge in [-0.15, -0.1) is 0 Å². The lowest BCUT2D eigenvalue weighted by Gasteiger charge is -2.21. The standard InChI is InChI=1S/C9H16N2O5/c1-6(12)10-4-7(13)11-5-9(2,16)3-8(14)15/h16H,3-5H2,1-2H3,(H,10,12)(H,11,13)(H,14,15). The molecule has 0 rings (SSSR count). The maximum atomic E-state index is 11.1. The van der Waals surface area contributed by atoms with E-state index in [1.165, 1.54) is 13.8 Å². The van der Waals surface area contributed by atoms with Crippen LogP contribution in [-0.4, -0.2) is 46.7 Å². The van der Waals surface area contributed by atoms with Gasteiger partial charge in [0.25, 0.3) is 0 Å². The summed E-state index contributed by atoms with van der Waals surface area (Å²) in [6, 6.07) is 0. The molecule has 0 aromatic rings. The van der Waals surface area contributed by atoms with E-state index in [4.69, 9.17) is 5.11 Å². The molecule has 1 unspecified atom stereocenters. The lowest BCUT2D eigenvalue weighted by Crippen LogP contribution is -2.45. The normalized spacial score (nSPS) is 13.7. The first-order valence-electron chi connectivity index (χ1n) is 4.68. The second-order valence-electron chi connectivity index (χ2n) is 3.75. The van der Waals surface area contributed by atoms with Gasteiger partial charge in [0.15, 0.2) is 0 Å². The van der Waals surface area contributed by atoms with Crippen molar-refractivity contribution in [3.05, 3.63) is 0 Å². The third-order valence-corrected chi connectivity index (χ3v) is 1.70. The second-order valence-corrected chi connectivity index (χ2v) is 3.75. The van der Waals surface area contributed by atoms with E-state index in [1.807, 2.05) is 0 Å². The monoisotopic (exact) mass is 232 g/mol. The Balaban J connectivity index is 3.90. The van der Waals surface area contributed by atoms with Gasteiger partial charge in [-0.2, -0.15) is 0 Å². The van der Waals surface area contributed by atoms with Crippen LogP contribution in [0.25, 0.3) is 0 Å². The van der Waals surface area contributed by atoms with Crippen LogP contribution in [0.2, 0.25) is 0 Å². The summed E-state index contributed by atoms with van der Waals surface area (Å²) in [4.78, 5) is 31.9. The molecule has 0 saturated heterocycles. The van der Waals surface area contributed by atoms with Crippen molar-refractivity contribution < 1.29 is 24.6 Å². The van der Waals surface area contributed by atoms with Gasteiger partial charge in [0.1, 0.15) is 0 Å². The summed E-state index contributed by atoms with van der Waals surface area (Å²) in [5.41, 5.74) is -1.50. The molecule has 0 aliphatic heterocycles. The van der Waals surface area contributed by atoms with Crippen LogP contribution in [-0.2, 0) is 14.4 Å². The molecule has 0 aliphatic rings. The molecule has 0 saturated carbocycles. The van der Waals surface area contributed by atoms with Crippen molar-refractivity contribution in [2.75, 3.05) is 13.1 Å². The maximum absolute atomic E-state index is 11.1. The van der Waals surface area contributed by atoms with Crippen molar-refractivity contribution in [3.63, 3.8) is 0 Å². The number of carboxylic acid groups (broad SMARTS) is 1. The number of aliphatic hydroxyl groups is 1. The minimum atomic E-state index is -1.50. The maximum Gasteiger partial charge on any atom is 0.306 e. The van der Waals surface area contributed by atoms with Crippen LogP contribution in [0, 0.1) is 0 Å². The first-order chi connectivity index (χ1) is 7.23. The molecule has 0 spiro atoms. The molecule has 7 heteroatoms. The Labute approximate surface area is 92.8 Å². The minimum absolute atomic E-state index is 0.183. The lowest BCUT2D eigenvalue weighted by atomic mass is 10.0. The van der Waals surface area contributed by atoms with E-state index < -0.39 is 23.9 Å². The van der Waals surface area contributed by atoms with Crippen LogP contribution >= 0.6 is 0 Å². The van der Waals surface area contributed by atoms with Crippen molar-refractivity contribution in [3.8, 4) is 0 Å². The topological polar surface area (TPSA) is 116 Å². The summed E-state index contributed by atoms with van der Waals surface area (Å²) >= 11 is 0. The number of amides is 2. The first-order valence-corrected chi connectivity index (χ1v) is 4.68. The zero-order valence-electron chi connectivity index (χ0n) is 9.24. The molecule has 0 radical (unpaired) electrons. The summed E-state index contributed by atoms with van der Waals surface area (Å²) in [5, 5.41) is 22.6. The molecule has 0 aliphatic carbocycles. The molecular formula is C9H16N2O5. The largest absolute Gasteiger partial charge is 0.481 e. The highest BCUT2D eigenvalue weighted by Crippen LogP contribution is 2.06. The van der Waals surface area contributed by atoms with Crippen LogP contribution in [0.1, 0.15) is 20.3 Å². The molecule has 0 fully saturated rings. The summed E-state index contributed by atoms with van der Waals surface area (Å²) in [7, 11) is 0. The van der Waals surface area contributed by atoms with E-state index >= 15 is 0 Å². The first kappa shape index (κ1) is 14.4. The molecule has 16 heavy (non-hydrogen) atoms. The molecule has 2 amide bonds.